The molecule has 1 saturated heterocycles. The molecule has 0 amide bonds. The van der Waals surface area contributed by atoms with Gasteiger partial charge in [-0.25, -0.2) is 9.97 Å². The highest BCUT2D eigenvalue weighted by Crippen LogP contribution is 2.38. The number of nitrogens with zero attached hydrogens (tertiary/aromatic N) is 2. The second-order valence-corrected chi connectivity index (χ2v) is 4.46. The summed E-state index contributed by atoms with van der Waals surface area (Å²) in [6.07, 6.45) is 5.99. The minimum Gasteiger partial charge on any atom is -0.376 e. The van der Waals surface area contributed by atoms with Crippen molar-refractivity contribution in [1.82, 2.24) is 9.97 Å². The number of aromatic nitrogens is 2. The van der Waals surface area contributed by atoms with Crippen LogP contribution < -0.4 is 11.1 Å². The molecule has 2 aliphatic rings. The molecular formula is C11H16N4O. The maximum absolute atomic E-state index is 6.13. The Morgan fingerprint density at radius 1 is 1.38 bits per heavy atom. The maximum atomic E-state index is 6.13. The highest BCUT2D eigenvalue weighted by atomic mass is 16.5. The van der Waals surface area contributed by atoms with Crippen molar-refractivity contribution in [2.24, 2.45) is 11.7 Å². The average molecular weight is 220 g/mol. The number of ether oxygens (including phenoxy) is 1. The van der Waals surface area contributed by atoms with E-state index in [0.29, 0.717) is 11.9 Å². The number of nitrogens with one attached hydrogen (secondary N) is 1. The summed E-state index contributed by atoms with van der Waals surface area (Å²) in [6.45, 7) is 0.849. The Balaban J connectivity index is 1.68. The summed E-state index contributed by atoms with van der Waals surface area (Å²) in [5.74, 6) is 1.14. The largest absolute Gasteiger partial charge is 0.376 e. The predicted molar refractivity (Wildman–Crippen MR) is 59.9 cm³/mol. The van der Waals surface area contributed by atoms with Gasteiger partial charge in [0.25, 0.3) is 0 Å². The Bertz CT molecular complexity index is 358. The fourth-order valence-corrected chi connectivity index (χ4v) is 2.65. The van der Waals surface area contributed by atoms with Crippen molar-refractivity contribution in [3.63, 3.8) is 0 Å². The van der Waals surface area contributed by atoms with E-state index >= 15 is 0 Å². The van der Waals surface area contributed by atoms with E-state index in [1.807, 2.05) is 0 Å². The zero-order valence-corrected chi connectivity index (χ0v) is 9.04. The van der Waals surface area contributed by atoms with Crippen LogP contribution in [-0.2, 0) is 4.74 Å². The van der Waals surface area contributed by atoms with Gasteiger partial charge in [0.1, 0.15) is 0 Å². The van der Waals surface area contributed by atoms with Gasteiger partial charge in [-0.1, -0.05) is 0 Å². The fraction of sp³-hybridized carbons (Fsp3) is 0.636. The smallest absolute Gasteiger partial charge is 0.222 e. The lowest BCUT2D eigenvalue weighted by molar-refractivity contribution is -0.104. The molecule has 3 N–H and O–H groups in total. The van der Waals surface area contributed by atoms with E-state index in [1.54, 1.807) is 18.5 Å². The summed E-state index contributed by atoms with van der Waals surface area (Å²) >= 11 is 0. The molecule has 2 fully saturated rings. The van der Waals surface area contributed by atoms with Gasteiger partial charge in [0.05, 0.1) is 12.1 Å². The number of fused-ring (bicyclic) bond motifs is 1. The highest BCUT2D eigenvalue weighted by molar-refractivity contribution is 5.30. The van der Waals surface area contributed by atoms with Crippen LogP contribution in [0.3, 0.4) is 0 Å². The number of rotatable bonds is 2. The molecule has 1 aliphatic carbocycles. The van der Waals surface area contributed by atoms with E-state index < -0.39 is 0 Å². The van der Waals surface area contributed by atoms with Crippen molar-refractivity contribution >= 4 is 5.95 Å². The normalized spacial score (nSPS) is 37.3. The summed E-state index contributed by atoms with van der Waals surface area (Å²) in [6, 6.07) is 2.12. The van der Waals surface area contributed by atoms with Crippen LogP contribution in [-0.4, -0.2) is 34.8 Å². The summed E-state index contributed by atoms with van der Waals surface area (Å²) in [7, 11) is 0. The molecule has 4 atom stereocenters. The third kappa shape index (κ3) is 1.56. The molecule has 3 rings (SSSR count). The van der Waals surface area contributed by atoms with E-state index in [2.05, 4.69) is 15.3 Å². The second-order valence-electron chi connectivity index (χ2n) is 4.46. The van der Waals surface area contributed by atoms with Gasteiger partial charge in [-0.2, -0.15) is 0 Å². The zero-order chi connectivity index (χ0) is 11.0. The third-order valence-corrected chi connectivity index (χ3v) is 3.54. The quantitative estimate of drug-likeness (QED) is 0.754. The third-order valence-electron chi connectivity index (χ3n) is 3.54. The van der Waals surface area contributed by atoms with Gasteiger partial charge < -0.3 is 15.8 Å². The van der Waals surface area contributed by atoms with Gasteiger partial charge in [0.15, 0.2) is 0 Å². The Morgan fingerprint density at radius 2 is 2.19 bits per heavy atom. The molecule has 16 heavy (non-hydrogen) atoms. The highest BCUT2D eigenvalue weighted by Gasteiger charge is 2.50. The van der Waals surface area contributed by atoms with Gasteiger partial charge in [-0.3, -0.25) is 0 Å². The van der Waals surface area contributed by atoms with Crippen LogP contribution in [0.1, 0.15) is 12.8 Å². The Hall–Kier alpha value is -1.20. The zero-order valence-electron chi connectivity index (χ0n) is 9.04. The lowest BCUT2D eigenvalue weighted by atomic mass is 9.69. The number of anilines is 1. The van der Waals surface area contributed by atoms with Crippen molar-refractivity contribution in [2.75, 3.05) is 11.9 Å². The lowest BCUT2D eigenvalue weighted by Gasteiger charge is -2.52. The van der Waals surface area contributed by atoms with Gasteiger partial charge in [-0.05, 0) is 18.9 Å². The van der Waals surface area contributed by atoms with E-state index in [0.717, 1.165) is 13.0 Å². The Labute approximate surface area is 94.4 Å². The molecular weight excluding hydrogens is 204 g/mol. The maximum Gasteiger partial charge on any atom is 0.222 e. The molecule has 1 aromatic rings. The van der Waals surface area contributed by atoms with Crippen molar-refractivity contribution in [2.45, 2.75) is 31.0 Å². The lowest BCUT2D eigenvalue weighted by Crippen LogP contribution is -2.69. The molecule has 0 aromatic carbocycles. The number of hydrogen-bond acceptors (Lipinski definition) is 5. The van der Waals surface area contributed by atoms with Gasteiger partial charge in [0.2, 0.25) is 5.95 Å². The summed E-state index contributed by atoms with van der Waals surface area (Å²) < 4.78 is 5.73. The SMILES string of the molecule is NC1C2CCCOC2C1Nc1ncccn1. The average Bonchev–Trinajstić information content (AvgIpc) is 2.37. The van der Waals surface area contributed by atoms with Crippen molar-refractivity contribution < 1.29 is 4.74 Å². The first-order valence-corrected chi connectivity index (χ1v) is 5.77. The first kappa shape index (κ1) is 9.99. The first-order chi connectivity index (χ1) is 7.86. The van der Waals surface area contributed by atoms with Crippen molar-refractivity contribution in [3.05, 3.63) is 18.5 Å². The number of hydrogen-bond donors (Lipinski definition) is 2. The molecule has 1 saturated carbocycles. The molecule has 4 unspecified atom stereocenters. The molecule has 86 valence electrons. The monoisotopic (exact) mass is 220 g/mol. The predicted octanol–water partition coefficient (Wildman–Crippen LogP) is 0.393. The molecule has 0 bridgehead atoms. The van der Waals surface area contributed by atoms with Gasteiger partial charge >= 0.3 is 0 Å². The van der Waals surface area contributed by atoms with Crippen molar-refractivity contribution in [3.8, 4) is 0 Å². The first-order valence-electron chi connectivity index (χ1n) is 5.77. The van der Waals surface area contributed by atoms with Crippen LogP contribution >= 0.6 is 0 Å². The molecule has 5 heteroatoms. The van der Waals surface area contributed by atoms with Crippen molar-refractivity contribution in [1.29, 1.82) is 0 Å². The standard InChI is InChI=1S/C11H16N4O/c12-8-7-3-1-6-16-10(7)9(8)15-11-13-4-2-5-14-11/h2,4-5,7-10H,1,3,6,12H2,(H,13,14,15). The van der Waals surface area contributed by atoms with Crippen LogP contribution in [0.4, 0.5) is 5.95 Å². The fourth-order valence-electron chi connectivity index (χ4n) is 2.65. The van der Waals surface area contributed by atoms with Crippen LogP contribution in [0, 0.1) is 5.92 Å². The van der Waals surface area contributed by atoms with Gasteiger partial charge in [0, 0.05) is 31.0 Å². The van der Waals surface area contributed by atoms with E-state index in [1.165, 1.54) is 6.42 Å². The van der Waals surface area contributed by atoms with E-state index in [9.17, 15) is 0 Å². The van der Waals surface area contributed by atoms with Crippen LogP contribution in [0.2, 0.25) is 0 Å². The minimum atomic E-state index is 0.160. The Kier molecular flexibility index (Phi) is 2.49. The van der Waals surface area contributed by atoms with E-state index in [4.69, 9.17) is 10.5 Å². The van der Waals surface area contributed by atoms with E-state index in [-0.39, 0.29) is 18.2 Å². The second kappa shape index (κ2) is 3.99. The molecule has 1 aliphatic heterocycles. The molecule has 2 heterocycles. The number of nitrogens with two attached hydrogens (primary N) is 1. The summed E-state index contributed by atoms with van der Waals surface area (Å²) in [4.78, 5) is 8.28. The topological polar surface area (TPSA) is 73.1 Å². The molecule has 5 nitrogen and oxygen atoms in total. The van der Waals surface area contributed by atoms with Gasteiger partial charge in [-0.15, -0.1) is 0 Å². The van der Waals surface area contributed by atoms with Crippen LogP contribution in [0.15, 0.2) is 18.5 Å². The Morgan fingerprint density at radius 3 is 3.00 bits per heavy atom. The minimum absolute atomic E-state index is 0.160. The summed E-state index contributed by atoms with van der Waals surface area (Å²) in [5, 5.41) is 3.26. The van der Waals surface area contributed by atoms with Crippen LogP contribution in [0.25, 0.3) is 0 Å². The van der Waals surface area contributed by atoms with Crippen LogP contribution in [0.5, 0.6) is 0 Å². The summed E-state index contributed by atoms with van der Waals surface area (Å²) in [5.41, 5.74) is 6.13. The molecule has 0 radical (unpaired) electrons. The molecule has 0 spiro atoms. The molecule has 1 aromatic heterocycles.